The molecule has 0 aromatic heterocycles. The first-order valence-electron chi connectivity index (χ1n) is 8.39. The van der Waals surface area contributed by atoms with Gasteiger partial charge in [-0.25, -0.2) is 0 Å². The van der Waals surface area contributed by atoms with Crippen LogP contribution in [0.2, 0.25) is 5.02 Å². The molecule has 4 nitrogen and oxygen atoms in total. The molecular formula is C18H23ClN2O2. The van der Waals surface area contributed by atoms with E-state index in [0.717, 1.165) is 24.4 Å². The van der Waals surface area contributed by atoms with Gasteiger partial charge in [-0.15, -0.1) is 0 Å². The summed E-state index contributed by atoms with van der Waals surface area (Å²) >= 11 is 5.88. The molecule has 2 amide bonds. The highest BCUT2D eigenvalue weighted by molar-refractivity contribution is 6.30. The van der Waals surface area contributed by atoms with Crippen molar-refractivity contribution in [2.75, 3.05) is 11.4 Å². The van der Waals surface area contributed by atoms with Gasteiger partial charge >= 0.3 is 0 Å². The number of rotatable bonds is 3. The average molecular weight is 335 g/mol. The second-order valence-corrected chi connectivity index (χ2v) is 7.28. The minimum atomic E-state index is -0.252. The first-order chi connectivity index (χ1) is 11.0. The molecule has 23 heavy (non-hydrogen) atoms. The molecule has 1 aromatic carbocycles. The molecule has 2 fully saturated rings. The lowest BCUT2D eigenvalue weighted by Gasteiger charge is -2.27. The van der Waals surface area contributed by atoms with Crippen LogP contribution in [0.5, 0.6) is 0 Å². The maximum atomic E-state index is 12.5. The van der Waals surface area contributed by atoms with Crippen molar-refractivity contribution in [2.24, 2.45) is 11.8 Å². The van der Waals surface area contributed by atoms with Crippen LogP contribution in [0.4, 0.5) is 5.69 Å². The van der Waals surface area contributed by atoms with E-state index >= 15 is 0 Å². The molecule has 3 rings (SSSR count). The van der Waals surface area contributed by atoms with E-state index in [9.17, 15) is 9.59 Å². The van der Waals surface area contributed by atoms with Crippen molar-refractivity contribution in [2.45, 2.75) is 45.1 Å². The molecule has 1 saturated heterocycles. The van der Waals surface area contributed by atoms with Crippen LogP contribution >= 0.6 is 11.6 Å². The molecule has 1 N–H and O–H groups in total. The van der Waals surface area contributed by atoms with Gasteiger partial charge in [0.2, 0.25) is 11.8 Å². The highest BCUT2D eigenvalue weighted by Crippen LogP contribution is 2.28. The standard InChI is InChI=1S/C18H23ClN2O2/c1-12-2-6-15(7-3-12)20-18(23)13-10-17(22)21(11-13)16-8-4-14(19)5-9-16/h4-5,8-9,12-13,15H,2-3,6-7,10-11H2,1H3,(H,20,23)/t12?,13-,15?/m0/s1. The number of nitrogens with zero attached hydrogens (tertiary/aromatic N) is 1. The number of anilines is 1. The van der Waals surface area contributed by atoms with E-state index in [1.165, 1.54) is 12.8 Å². The monoisotopic (exact) mass is 334 g/mol. The summed E-state index contributed by atoms with van der Waals surface area (Å²) in [6, 6.07) is 7.45. The van der Waals surface area contributed by atoms with Gasteiger partial charge in [0.15, 0.2) is 0 Å². The molecule has 1 heterocycles. The number of hydrogen-bond acceptors (Lipinski definition) is 2. The third kappa shape index (κ3) is 3.86. The van der Waals surface area contributed by atoms with Crippen LogP contribution in [0.15, 0.2) is 24.3 Å². The van der Waals surface area contributed by atoms with Gasteiger partial charge in [0.05, 0.1) is 5.92 Å². The molecule has 1 saturated carbocycles. The van der Waals surface area contributed by atoms with Gasteiger partial charge in [-0.05, 0) is 55.9 Å². The lowest BCUT2D eigenvalue weighted by molar-refractivity contribution is -0.127. The summed E-state index contributed by atoms with van der Waals surface area (Å²) in [5, 5.41) is 3.78. The molecule has 0 spiro atoms. The number of halogens is 1. The molecule has 5 heteroatoms. The number of carbonyl (C=O) groups is 2. The summed E-state index contributed by atoms with van der Waals surface area (Å²) in [7, 11) is 0. The summed E-state index contributed by atoms with van der Waals surface area (Å²) in [5.74, 6) is 0.535. The van der Waals surface area contributed by atoms with E-state index in [2.05, 4.69) is 12.2 Å². The first kappa shape index (κ1) is 16.3. The van der Waals surface area contributed by atoms with E-state index in [4.69, 9.17) is 11.6 Å². The Labute approximate surface area is 142 Å². The Morgan fingerprint density at radius 2 is 1.83 bits per heavy atom. The topological polar surface area (TPSA) is 49.4 Å². The Morgan fingerprint density at radius 3 is 2.48 bits per heavy atom. The quantitative estimate of drug-likeness (QED) is 0.921. The van der Waals surface area contributed by atoms with Crippen molar-refractivity contribution < 1.29 is 9.59 Å². The van der Waals surface area contributed by atoms with Crippen molar-refractivity contribution in [1.82, 2.24) is 5.32 Å². The van der Waals surface area contributed by atoms with Gasteiger partial charge in [-0.2, -0.15) is 0 Å². The zero-order valence-corrected chi connectivity index (χ0v) is 14.2. The summed E-state index contributed by atoms with van der Waals surface area (Å²) in [4.78, 5) is 26.4. The van der Waals surface area contributed by atoms with E-state index in [1.54, 1.807) is 17.0 Å². The normalized spacial score (nSPS) is 28.0. The second-order valence-electron chi connectivity index (χ2n) is 6.85. The predicted molar refractivity (Wildman–Crippen MR) is 91.5 cm³/mol. The van der Waals surface area contributed by atoms with Crippen molar-refractivity contribution >= 4 is 29.1 Å². The number of amides is 2. The Bertz CT molecular complexity index is 579. The smallest absolute Gasteiger partial charge is 0.227 e. The van der Waals surface area contributed by atoms with Crippen LogP contribution in [0.3, 0.4) is 0 Å². The van der Waals surface area contributed by atoms with Crippen molar-refractivity contribution in [3.05, 3.63) is 29.3 Å². The molecule has 124 valence electrons. The summed E-state index contributed by atoms with van der Waals surface area (Å²) in [6.07, 6.45) is 4.73. The molecule has 0 bridgehead atoms. The van der Waals surface area contributed by atoms with Gasteiger partial charge in [-0.3, -0.25) is 9.59 Å². The van der Waals surface area contributed by atoms with E-state index in [0.29, 0.717) is 11.6 Å². The zero-order valence-electron chi connectivity index (χ0n) is 13.4. The van der Waals surface area contributed by atoms with Crippen LogP contribution in [0.25, 0.3) is 0 Å². The fraction of sp³-hybridized carbons (Fsp3) is 0.556. The molecule has 2 aliphatic rings. The Hall–Kier alpha value is -1.55. The van der Waals surface area contributed by atoms with Crippen LogP contribution in [0.1, 0.15) is 39.0 Å². The molecule has 1 aliphatic carbocycles. The second kappa shape index (κ2) is 6.91. The lowest BCUT2D eigenvalue weighted by Crippen LogP contribution is -2.41. The molecule has 0 unspecified atom stereocenters. The average Bonchev–Trinajstić information content (AvgIpc) is 2.92. The van der Waals surface area contributed by atoms with E-state index in [-0.39, 0.29) is 30.2 Å². The Balaban J connectivity index is 1.58. The largest absolute Gasteiger partial charge is 0.353 e. The number of hydrogen-bond donors (Lipinski definition) is 1. The minimum absolute atomic E-state index is 0.00439. The SMILES string of the molecule is CC1CCC(NC(=O)[C@H]2CC(=O)N(c3ccc(Cl)cc3)C2)CC1. The van der Waals surface area contributed by atoms with Crippen LogP contribution < -0.4 is 10.2 Å². The Morgan fingerprint density at radius 1 is 1.17 bits per heavy atom. The van der Waals surface area contributed by atoms with Gasteiger partial charge in [0.25, 0.3) is 0 Å². The molecular weight excluding hydrogens is 312 g/mol. The summed E-state index contributed by atoms with van der Waals surface area (Å²) in [5.41, 5.74) is 0.807. The van der Waals surface area contributed by atoms with Gasteiger partial charge in [0.1, 0.15) is 0 Å². The molecule has 1 aromatic rings. The lowest BCUT2D eigenvalue weighted by atomic mass is 9.87. The summed E-state index contributed by atoms with van der Waals surface area (Å²) in [6.45, 7) is 2.72. The number of nitrogens with one attached hydrogen (secondary N) is 1. The highest BCUT2D eigenvalue weighted by atomic mass is 35.5. The number of benzene rings is 1. The van der Waals surface area contributed by atoms with Crippen LogP contribution in [-0.2, 0) is 9.59 Å². The summed E-state index contributed by atoms with van der Waals surface area (Å²) < 4.78 is 0. The first-order valence-corrected chi connectivity index (χ1v) is 8.77. The van der Waals surface area contributed by atoms with Crippen LogP contribution in [-0.4, -0.2) is 24.4 Å². The predicted octanol–water partition coefficient (Wildman–Crippen LogP) is 3.39. The van der Waals surface area contributed by atoms with Crippen molar-refractivity contribution in [1.29, 1.82) is 0 Å². The van der Waals surface area contributed by atoms with Gasteiger partial charge in [0, 0.05) is 29.7 Å². The maximum Gasteiger partial charge on any atom is 0.227 e. The fourth-order valence-electron chi connectivity index (χ4n) is 3.48. The zero-order chi connectivity index (χ0) is 16.4. The van der Waals surface area contributed by atoms with E-state index in [1.807, 2.05) is 12.1 Å². The highest BCUT2D eigenvalue weighted by Gasteiger charge is 2.36. The van der Waals surface area contributed by atoms with Gasteiger partial charge < -0.3 is 10.2 Å². The van der Waals surface area contributed by atoms with Gasteiger partial charge in [-0.1, -0.05) is 18.5 Å². The minimum Gasteiger partial charge on any atom is -0.353 e. The van der Waals surface area contributed by atoms with Crippen molar-refractivity contribution in [3.8, 4) is 0 Å². The third-order valence-electron chi connectivity index (χ3n) is 5.00. The van der Waals surface area contributed by atoms with Crippen molar-refractivity contribution in [3.63, 3.8) is 0 Å². The van der Waals surface area contributed by atoms with Crippen LogP contribution in [0, 0.1) is 11.8 Å². The third-order valence-corrected chi connectivity index (χ3v) is 5.25. The molecule has 1 atom stereocenters. The van der Waals surface area contributed by atoms with E-state index < -0.39 is 0 Å². The number of carbonyl (C=O) groups excluding carboxylic acids is 2. The Kier molecular flexibility index (Phi) is 4.90. The molecule has 1 aliphatic heterocycles. The maximum absolute atomic E-state index is 12.5. The fourth-order valence-corrected chi connectivity index (χ4v) is 3.60. The molecule has 0 radical (unpaired) electrons.